The Labute approximate surface area is 203 Å². The number of Topliss-reactive ketones (excluding diaryl/α,β-unsaturated/α-hetero) is 1. The second-order valence-electron chi connectivity index (χ2n) is 11.4. The number of ether oxygens (including phenoxy) is 4. The molecule has 0 unspecified atom stereocenters. The van der Waals surface area contributed by atoms with Crippen molar-refractivity contribution in [1.29, 1.82) is 0 Å². The van der Waals surface area contributed by atoms with Crippen molar-refractivity contribution in [1.82, 2.24) is 0 Å². The zero-order valence-corrected chi connectivity index (χ0v) is 19.9. The second-order valence-corrected chi connectivity index (χ2v) is 11.4. The minimum atomic E-state index is -2.22. The molecule has 8 nitrogen and oxygen atoms in total. The number of aliphatic hydroxyl groups is 3. The Bertz CT molecular complexity index is 1200. The quantitative estimate of drug-likeness (QED) is 0.436. The Hall–Kier alpha value is -1.91. The Morgan fingerprint density at radius 2 is 1.89 bits per heavy atom. The summed E-state index contributed by atoms with van der Waals surface area (Å²) in [6, 6.07) is 9.35. The van der Waals surface area contributed by atoms with Crippen molar-refractivity contribution in [3.05, 3.63) is 59.7 Å². The molecule has 3 aliphatic carbocycles. The van der Waals surface area contributed by atoms with E-state index in [0.29, 0.717) is 17.6 Å². The maximum atomic E-state index is 13.5. The van der Waals surface area contributed by atoms with Crippen molar-refractivity contribution in [3.8, 4) is 0 Å². The van der Waals surface area contributed by atoms with Crippen LogP contribution in [-0.4, -0.2) is 68.4 Å². The smallest absolute Gasteiger partial charge is 0.313 e. The molecule has 0 spiro atoms. The van der Waals surface area contributed by atoms with Gasteiger partial charge < -0.3 is 34.3 Å². The predicted octanol–water partition coefficient (Wildman–Crippen LogP) is 1.33. The average molecular weight is 483 g/mol. The van der Waals surface area contributed by atoms with Gasteiger partial charge in [-0.25, -0.2) is 0 Å². The lowest BCUT2D eigenvalue weighted by Crippen LogP contribution is -2.72. The molecule has 1 aromatic carbocycles. The summed E-state index contributed by atoms with van der Waals surface area (Å²) in [6.45, 7) is 9.26. The molecule has 3 saturated heterocycles. The monoisotopic (exact) mass is 482 g/mol. The molecule has 3 N–H and O–H groups in total. The number of carbonyl (C=O) groups excluding carboxylic acids is 1. The van der Waals surface area contributed by atoms with E-state index in [9.17, 15) is 20.1 Å². The fraction of sp³-hybridized carbons (Fsp3) is 0.593. The van der Waals surface area contributed by atoms with E-state index in [-0.39, 0.29) is 5.92 Å². The van der Waals surface area contributed by atoms with Gasteiger partial charge in [0.15, 0.2) is 11.4 Å². The lowest BCUT2D eigenvalue weighted by molar-refractivity contribution is -0.439. The SMILES string of the molecule is C=C(C)[C@]12C[C@@H](C)[C@@]34O[C@](c5ccccc5)(O[C@@H]1[C@@H]3[C@@H]1O[C@]1(CO)[C@@H](O)[C@]1(O)C(=O)C(C)=C[C@H]14)O2. The van der Waals surface area contributed by atoms with E-state index < -0.39 is 70.9 Å². The van der Waals surface area contributed by atoms with Crippen molar-refractivity contribution in [2.75, 3.05) is 6.61 Å². The van der Waals surface area contributed by atoms with Crippen LogP contribution in [0, 0.1) is 17.8 Å². The molecular formula is C27H30O8. The van der Waals surface area contributed by atoms with Gasteiger partial charge in [-0.15, -0.1) is 0 Å². The number of benzene rings is 1. The largest absolute Gasteiger partial charge is 0.393 e. The highest BCUT2D eigenvalue weighted by Gasteiger charge is 2.88. The lowest BCUT2D eigenvalue weighted by atomic mass is 9.54. The van der Waals surface area contributed by atoms with Crippen molar-refractivity contribution in [2.45, 2.75) is 73.9 Å². The number of hydrogen-bond acceptors (Lipinski definition) is 8. The molecule has 35 heavy (non-hydrogen) atoms. The van der Waals surface area contributed by atoms with E-state index in [1.165, 1.54) is 0 Å². The Morgan fingerprint density at radius 1 is 1.17 bits per heavy atom. The van der Waals surface area contributed by atoms with Gasteiger partial charge in [0.1, 0.15) is 29.5 Å². The summed E-state index contributed by atoms with van der Waals surface area (Å²) in [6.07, 6.45) is -0.731. The van der Waals surface area contributed by atoms with Crippen LogP contribution in [0.4, 0.5) is 0 Å². The molecule has 3 aliphatic heterocycles. The first-order chi connectivity index (χ1) is 16.5. The standard InChI is InChI=1S/C27H30O8/c1-13(2)23-11-15(4)26-17-10-14(3)19(29)25(17,31)22(30)24(12-28)21(32-24)18(26)20(23)33-27(34-23,35-26)16-8-6-5-7-9-16/h5-10,15,17-18,20-22,28,30-31H,1,11-12H2,2-4H3/t15-,17-,18-,20-,21+,22-,23-,24+,25-,26+,27-/m1/s1. The maximum Gasteiger partial charge on any atom is 0.313 e. The number of aliphatic hydroxyl groups excluding tert-OH is 2. The van der Waals surface area contributed by atoms with Crippen LogP contribution in [0.2, 0.25) is 0 Å². The van der Waals surface area contributed by atoms with E-state index in [1.54, 1.807) is 13.0 Å². The molecule has 0 aromatic heterocycles. The van der Waals surface area contributed by atoms with E-state index in [2.05, 4.69) is 6.58 Å². The highest BCUT2D eigenvalue weighted by Crippen LogP contribution is 2.73. The molecule has 5 fully saturated rings. The Kier molecular flexibility index (Phi) is 4.02. The highest BCUT2D eigenvalue weighted by molar-refractivity contribution is 6.05. The van der Waals surface area contributed by atoms with Gasteiger partial charge in [0, 0.05) is 17.4 Å². The summed E-state index contributed by atoms with van der Waals surface area (Å²) in [4.78, 5) is 13.5. The molecular weight excluding hydrogens is 452 g/mol. The topological polar surface area (TPSA) is 118 Å². The number of fused-ring (bicyclic) bond motifs is 3. The summed E-state index contributed by atoms with van der Waals surface area (Å²) >= 11 is 0. The summed E-state index contributed by atoms with van der Waals surface area (Å²) in [5.74, 6) is -3.85. The number of rotatable bonds is 3. The van der Waals surface area contributed by atoms with Gasteiger partial charge in [-0.1, -0.05) is 49.9 Å². The molecule has 7 rings (SSSR count). The molecule has 0 amide bonds. The van der Waals surface area contributed by atoms with Crippen LogP contribution in [-0.2, 0) is 29.7 Å². The number of hydrogen-bond donors (Lipinski definition) is 3. The van der Waals surface area contributed by atoms with Gasteiger partial charge in [0.2, 0.25) is 0 Å². The third kappa shape index (κ3) is 2.16. The zero-order chi connectivity index (χ0) is 24.8. The van der Waals surface area contributed by atoms with Crippen molar-refractivity contribution in [3.63, 3.8) is 0 Å². The first-order valence-corrected chi connectivity index (χ1v) is 12.3. The number of carbonyl (C=O) groups is 1. The van der Waals surface area contributed by atoms with Gasteiger partial charge in [0.05, 0.1) is 12.2 Å². The Morgan fingerprint density at radius 3 is 2.54 bits per heavy atom. The van der Waals surface area contributed by atoms with E-state index >= 15 is 0 Å². The Balaban J connectivity index is 1.53. The van der Waals surface area contributed by atoms with E-state index in [0.717, 1.165) is 5.57 Å². The first kappa shape index (κ1) is 22.3. The molecule has 186 valence electrons. The fourth-order valence-corrected chi connectivity index (χ4v) is 8.10. The number of epoxide rings is 1. The molecule has 3 bridgehead atoms. The van der Waals surface area contributed by atoms with Crippen molar-refractivity contribution in [2.24, 2.45) is 17.8 Å². The normalized spacial score (nSPS) is 55.0. The maximum absolute atomic E-state index is 13.5. The first-order valence-electron chi connectivity index (χ1n) is 12.3. The second kappa shape index (κ2) is 6.31. The summed E-state index contributed by atoms with van der Waals surface area (Å²) in [5, 5.41) is 34.0. The molecule has 0 radical (unpaired) electrons. The number of ketones is 1. The average Bonchev–Trinajstić information content (AvgIpc) is 3.48. The molecule has 2 saturated carbocycles. The van der Waals surface area contributed by atoms with Crippen LogP contribution in [0.5, 0.6) is 0 Å². The summed E-state index contributed by atoms with van der Waals surface area (Å²) < 4.78 is 26.5. The minimum Gasteiger partial charge on any atom is -0.393 e. The summed E-state index contributed by atoms with van der Waals surface area (Å²) in [7, 11) is 0. The third-order valence-corrected chi connectivity index (χ3v) is 9.77. The van der Waals surface area contributed by atoms with Gasteiger partial charge >= 0.3 is 5.97 Å². The third-order valence-electron chi connectivity index (χ3n) is 9.77. The predicted molar refractivity (Wildman–Crippen MR) is 121 cm³/mol. The lowest BCUT2D eigenvalue weighted by Gasteiger charge is -2.59. The minimum absolute atomic E-state index is 0.243. The van der Waals surface area contributed by atoms with Crippen LogP contribution < -0.4 is 0 Å². The van der Waals surface area contributed by atoms with Gasteiger partial charge in [-0.3, -0.25) is 4.79 Å². The van der Waals surface area contributed by atoms with Crippen LogP contribution in [0.3, 0.4) is 0 Å². The molecule has 11 atom stereocenters. The fourth-order valence-electron chi connectivity index (χ4n) is 8.10. The highest BCUT2D eigenvalue weighted by atomic mass is 16.9. The molecule has 1 aromatic rings. The zero-order valence-electron chi connectivity index (χ0n) is 19.9. The van der Waals surface area contributed by atoms with E-state index in [4.69, 9.17) is 18.9 Å². The van der Waals surface area contributed by atoms with Crippen LogP contribution in [0.1, 0.15) is 32.8 Å². The van der Waals surface area contributed by atoms with Gasteiger partial charge in [-0.05, 0) is 37.3 Å². The van der Waals surface area contributed by atoms with Crippen LogP contribution in [0.15, 0.2) is 54.1 Å². The van der Waals surface area contributed by atoms with E-state index in [1.807, 2.05) is 44.2 Å². The molecule has 6 aliphatic rings. The molecule has 3 heterocycles. The van der Waals surface area contributed by atoms with Crippen molar-refractivity contribution >= 4 is 5.78 Å². The van der Waals surface area contributed by atoms with Gasteiger partial charge in [0.25, 0.3) is 0 Å². The van der Waals surface area contributed by atoms with Gasteiger partial charge in [-0.2, -0.15) is 0 Å². The summed E-state index contributed by atoms with van der Waals surface area (Å²) in [5.41, 5.74) is -4.05. The molecule has 8 heteroatoms. The van der Waals surface area contributed by atoms with Crippen molar-refractivity contribution < 1.29 is 39.1 Å². The van der Waals surface area contributed by atoms with Crippen LogP contribution in [0.25, 0.3) is 0 Å². The van der Waals surface area contributed by atoms with Crippen LogP contribution >= 0.6 is 0 Å².